The van der Waals surface area contributed by atoms with Crippen LogP contribution in [0.4, 0.5) is 0 Å². The normalized spacial score (nSPS) is 52.8. The zero-order chi connectivity index (χ0) is 30.5. The summed E-state index contributed by atoms with van der Waals surface area (Å²) in [5.74, 6) is -0.194. The maximum atomic E-state index is 11.3. The fourth-order valence-electron chi connectivity index (χ4n) is 6.98. The molecule has 0 amide bonds. The van der Waals surface area contributed by atoms with Crippen LogP contribution in [0.25, 0.3) is 0 Å². The summed E-state index contributed by atoms with van der Waals surface area (Å²) in [7, 11) is 0. The minimum Gasteiger partial charge on any atom is -0.394 e. The molecule has 42 heavy (non-hydrogen) atoms. The van der Waals surface area contributed by atoms with Crippen molar-refractivity contribution < 1.29 is 49.2 Å². The van der Waals surface area contributed by atoms with Crippen LogP contribution in [0.3, 0.4) is 0 Å². The largest absolute Gasteiger partial charge is 0.394 e. The number of nitrogens with two attached hydrogens (primary N) is 6. The summed E-state index contributed by atoms with van der Waals surface area (Å²) in [6.07, 6.45) is -9.40. The van der Waals surface area contributed by atoms with Crippen molar-refractivity contribution in [2.75, 3.05) is 13.2 Å². The van der Waals surface area contributed by atoms with E-state index in [1.807, 2.05) is 0 Å². The Morgan fingerprint density at radius 1 is 0.714 bits per heavy atom. The van der Waals surface area contributed by atoms with E-state index in [1.165, 1.54) is 0 Å². The van der Waals surface area contributed by atoms with E-state index in [-0.39, 0.29) is 18.7 Å². The molecule has 0 spiro atoms. The first-order valence-corrected chi connectivity index (χ1v) is 15.0. The highest BCUT2D eigenvalue weighted by Gasteiger charge is 2.55. The van der Waals surface area contributed by atoms with Crippen LogP contribution < -0.4 is 34.4 Å². The van der Waals surface area contributed by atoms with Gasteiger partial charge in [0.25, 0.3) is 0 Å². The van der Waals surface area contributed by atoms with Gasteiger partial charge in [0, 0.05) is 36.6 Å². The number of aliphatic hydroxyl groups is 5. The molecule has 16 nitrogen and oxygen atoms in total. The van der Waals surface area contributed by atoms with E-state index >= 15 is 0 Å². The van der Waals surface area contributed by atoms with E-state index in [2.05, 4.69) is 0 Å². The average molecular weight is 607 g/mol. The molecule has 5 aliphatic rings. The van der Waals surface area contributed by atoms with Crippen LogP contribution in [-0.2, 0) is 23.7 Å². The van der Waals surface area contributed by atoms with Gasteiger partial charge in [-0.1, -0.05) is 0 Å². The van der Waals surface area contributed by atoms with Gasteiger partial charge >= 0.3 is 0 Å². The van der Waals surface area contributed by atoms with Gasteiger partial charge in [-0.2, -0.15) is 0 Å². The highest BCUT2D eigenvalue weighted by molar-refractivity contribution is 5.05. The third-order valence-electron chi connectivity index (χ3n) is 9.74. The summed E-state index contributed by atoms with van der Waals surface area (Å²) in [6, 6.07) is -2.97. The van der Waals surface area contributed by atoms with Gasteiger partial charge < -0.3 is 83.6 Å². The SMILES string of the molecule is NC[C@@H]1O[C@H](O[C@H]2[C@@H](O)[C@H](O[C@H]3C([C@H]4O[C@H]([C@@H](N)C5CC5)CC[C@H]4N)[C@@H](N)C[C@@H](N)[C@@H]3O)O[C@@H]2CO)[C@H](N)[C@@H](O)[C@@H]1O. The highest BCUT2D eigenvalue weighted by atomic mass is 16.7. The van der Waals surface area contributed by atoms with Crippen molar-refractivity contribution in [1.82, 2.24) is 0 Å². The molecular weight excluding hydrogens is 556 g/mol. The summed E-state index contributed by atoms with van der Waals surface area (Å²) in [5.41, 5.74) is 37.5. The first kappa shape index (κ1) is 32.7. The van der Waals surface area contributed by atoms with Crippen LogP contribution in [0.1, 0.15) is 32.1 Å². The Morgan fingerprint density at radius 2 is 1.38 bits per heavy atom. The standard InChI is InChI=1S/C26H50N6O10/c27-6-13-19(35)20(36)17(32)25(39-13)41-23-14(7-33)40-26(21(23)37)42-24-15(10(29)5-11(30)18(24)34)22-9(28)3-4-12(38-22)16(31)8-1-2-8/h8-26,33-37H,1-7,27-32H2/t9-,10+,11-,12+,13+,14-,15?,16+,17-,18+,19-,20-,21-,22+,23-,24+,25-,26+/m1/s1. The third kappa shape index (κ3) is 6.37. The molecule has 2 aliphatic carbocycles. The lowest BCUT2D eigenvalue weighted by Crippen LogP contribution is -2.67. The molecule has 3 saturated heterocycles. The topological polar surface area (TPSA) is 303 Å². The van der Waals surface area contributed by atoms with Crippen LogP contribution in [0.5, 0.6) is 0 Å². The van der Waals surface area contributed by atoms with Crippen LogP contribution >= 0.6 is 0 Å². The van der Waals surface area contributed by atoms with Crippen molar-refractivity contribution in [3.05, 3.63) is 0 Å². The quantitative estimate of drug-likeness (QED) is 0.116. The molecule has 16 heteroatoms. The van der Waals surface area contributed by atoms with Crippen molar-refractivity contribution in [2.24, 2.45) is 46.2 Å². The number of rotatable bonds is 9. The zero-order valence-electron chi connectivity index (χ0n) is 23.7. The summed E-state index contributed by atoms with van der Waals surface area (Å²) in [5, 5.41) is 53.0. The fraction of sp³-hybridized carbons (Fsp3) is 1.00. The van der Waals surface area contributed by atoms with Gasteiger partial charge in [0.15, 0.2) is 12.6 Å². The van der Waals surface area contributed by atoms with Crippen LogP contribution in [0.2, 0.25) is 0 Å². The van der Waals surface area contributed by atoms with E-state index in [0.717, 1.165) is 12.8 Å². The first-order valence-electron chi connectivity index (χ1n) is 15.0. The Hall–Kier alpha value is -0.640. The summed E-state index contributed by atoms with van der Waals surface area (Å²) in [4.78, 5) is 0. The van der Waals surface area contributed by atoms with Gasteiger partial charge in [-0.05, 0) is 38.0 Å². The van der Waals surface area contributed by atoms with Crippen LogP contribution in [0, 0.1) is 11.8 Å². The van der Waals surface area contributed by atoms with E-state index in [4.69, 9.17) is 58.1 Å². The monoisotopic (exact) mass is 606 g/mol. The predicted octanol–water partition coefficient (Wildman–Crippen LogP) is -5.78. The van der Waals surface area contributed by atoms with Gasteiger partial charge in [-0.25, -0.2) is 0 Å². The van der Waals surface area contributed by atoms with Crippen LogP contribution in [-0.4, -0.2) is 143 Å². The second-order valence-electron chi connectivity index (χ2n) is 12.7. The van der Waals surface area contributed by atoms with E-state index in [1.54, 1.807) is 0 Å². The maximum Gasteiger partial charge on any atom is 0.187 e. The predicted molar refractivity (Wildman–Crippen MR) is 146 cm³/mol. The second kappa shape index (κ2) is 13.4. The Balaban J connectivity index is 1.32. The van der Waals surface area contributed by atoms with Crippen molar-refractivity contribution in [1.29, 1.82) is 0 Å². The van der Waals surface area contributed by atoms with Crippen LogP contribution in [0.15, 0.2) is 0 Å². The second-order valence-corrected chi connectivity index (χ2v) is 12.7. The molecule has 3 aliphatic heterocycles. The fourth-order valence-corrected chi connectivity index (χ4v) is 6.98. The number of hydrogen-bond donors (Lipinski definition) is 11. The molecule has 0 aromatic carbocycles. The van der Waals surface area contributed by atoms with Crippen molar-refractivity contribution in [3.63, 3.8) is 0 Å². The smallest absolute Gasteiger partial charge is 0.187 e. The van der Waals surface area contributed by atoms with Crippen molar-refractivity contribution >= 4 is 0 Å². The number of aliphatic hydroxyl groups excluding tert-OH is 5. The first-order chi connectivity index (χ1) is 20.0. The Labute approximate surface area is 244 Å². The van der Waals surface area contributed by atoms with Gasteiger partial charge in [0.05, 0.1) is 37.1 Å². The molecule has 1 unspecified atom stereocenters. The Kier molecular flexibility index (Phi) is 10.4. The molecule has 18 atom stereocenters. The van der Waals surface area contributed by atoms with Crippen molar-refractivity contribution in [3.8, 4) is 0 Å². The zero-order valence-corrected chi connectivity index (χ0v) is 23.7. The van der Waals surface area contributed by atoms with Crippen molar-refractivity contribution in [2.45, 2.75) is 136 Å². The number of hydrogen-bond acceptors (Lipinski definition) is 16. The van der Waals surface area contributed by atoms with E-state index < -0.39 is 104 Å². The molecule has 3 heterocycles. The van der Waals surface area contributed by atoms with Gasteiger partial charge in [0.2, 0.25) is 0 Å². The molecular formula is C26H50N6O10. The lowest BCUT2D eigenvalue weighted by Gasteiger charge is -2.50. The van der Waals surface area contributed by atoms with E-state index in [0.29, 0.717) is 25.2 Å². The lowest BCUT2D eigenvalue weighted by molar-refractivity contribution is -0.280. The average Bonchev–Trinajstić information content (AvgIpc) is 3.78. The Bertz CT molecular complexity index is 893. The van der Waals surface area contributed by atoms with E-state index in [9.17, 15) is 25.5 Å². The molecule has 5 fully saturated rings. The van der Waals surface area contributed by atoms with Gasteiger partial charge in [-0.15, -0.1) is 0 Å². The molecule has 0 radical (unpaired) electrons. The van der Waals surface area contributed by atoms with Gasteiger partial charge in [0.1, 0.15) is 36.6 Å². The lowest BCUT2D eigenvalue weighted by atomic mass is 9.72. The molecule has 0 aromatic heterocycles. The third-order valence-corrected chi connectivity index (χ3v) is 9.74. The molecule has 244 valence electrons. The summed E-state index contributed by atoms with van der Waals surface area (Å²) < 4.78 is 30.1. The number of ether oxygens (including phenoxy) is 5. The maximum absolute atomic E-state index is 11.3. The minimum atomic E-state index is -1.49. The molecule has 2 saturated carbocycles. The molecule has 5 rings (SSSR count). The Morgan fingerprint density at radius 3 is 2.02 bits per heavy atom. The summed E-state index contributed by atoms with van der Waals surface area (Å²) >= 11 is 0. The highest BCUT2D eigenvalue weighted by Crippen LogP contribution is 2.41. The summed E-state index contributed by atoms with van der Waals surface area (Å²) in [6.45, 7) is -0.689. The molecule has 0 bridgehead atoms. The minimum absolute atomic E-state index is 0.122. The molecule has 17 N–H and O–H groups in total. The van der Waals surface area contributed by atoms with Gasteiger partial charge in [-0.3, -0.25) is 0 Å². The molecule has 0 aromatic rings.